The van der Waals surface area contributed by atoms with Gasteiger partial charge in [0.2, 0.25) is 9.84 Å². The minimum atomic E-state index is -4.22. The van der Waals surface area contributed by atoms with Crippen LogP contribution < -0.4 is 5.56 Å². The zero-order chi connectivity index (χ0) is 28.4. The molecule has 9 heteroatoms. The highest BCUT2D eigenvalue weighted by Gasteiger charge is 2.31. The minimum absolute atomic E-state index is 0.0109. The van der Waals surface area contributed by atoms with Crippen molar-refractivity contribution in [1.82, 2.24) is 14.3 Å². The summed E-state index contributed by atoms with van der Waals surface area (Å²) < 4.78 is 36.6. The molecule has 0 spiro atoms. The Labute approximate surface area is 232 Å². The monoisotopic (exact) mass is 553 g/mol. The third kappa shape index (κ3) is 4.65. The zero-order valence-corrected chi connectivity index (χ0v) is 23.1. The molecule has 2 heterocycles. The van der Waals surface area contributed by atoms with Gasteiger partial charge >= 0.3 is 5.97 Å². The molecular formula is C31H27N3O5S. The SMILES string of the molecule is CCOC(=O)c1cc(S(=O)(=O)c2ccccc2)c(-c2c(C)n(C)n(-c3ccccc3)c2=O)nc1-c1ccccc1. The summed E-state index contributed by atoms with van der Waals surface area (Å²) in [7, 11) is -2.49. The highest BCUT2D eigenvalue weighted by Crippen LogP contribution is 2.35. The van der Waals surface area contributed by atoms with Crippen LogP contribution in [0.15, 0.2) is 112 Å². The molecule has 0 atom stereocenters. The average molecular weight is 554 g/mol. The summed E-state index contributed by atoms with van der Waals surface area (Å²) in [5.74, 6) is -0.712. The van der Waals surface area contributed by atoms with E-state index in [0.29, 0.717) is 16.9 Å². The number of carbonyl (C=O) groups excluding carboxylic acids is 1. The van der Waals surface area contributed by atoms with Gasteiger partial charge in [-0.15, -0.1) is 0 Å². The van der Waals surface area contributed by atoms with E-state index in [9.17, 15) is 18.0 Å². The minimum Gasteiger partial charge on any atom is -0.462 e. The van der Waals surface area contributed by atoms with Gasteiger partial charge in [-0.25, -0.2) is 22.9 Å². The van der Waals surface area contributed by atoms with Crippen molar-refractivity contribution in [2.75, 3.05) is 6.61 Å². The summed E-state index contributed by atoms with van der Waals surface area (Å²) in [6.45, 7) is 3.50. The molecule has 0 saturated carbocycles. The summed E-state index contributed by atoms with van der Waals surface area (Å²) in [6, 6.07) is 27.1. The molecule has 3 aromatic carbocycles. The maximum absolute atomic E-state index is 14.1. The second-order valence-corrected chi connectivity index (χ2v) is 11.0. The van der Waals surface area contributed by atoms with Gasteiger partial charge in [0.05, 0.1) is 44.6 Å². The molecule has 0 aliphatic heterocycles. The summed E-state index contributed by atoms with van der Waals surface area (Å²) in [5, 5.41) is 0. The Kier molecular flexibility index (Phi) is 7.23. The maximum Gasteiger partial charge on any atom is 0.340 e. The van der Waals surface area contributed by atoms with E-state index in [1.54, 1.807) is 80.2 Å². The Morgan fingerprint density at radius 2 is 1.45 bits per heavy atom. The first-order valence-corrected chi connectivity index (χ1v) is 14.2. The molecule has 0 unspecified atom stereocenters. The van der Waals surface area contributed by atoms with Crippen LogP contribution in [0, 0.1) is 6.92 Å². The van der Waals surface area contributed by atoms with Crippen LogP contribution in [0.2, 0.25) is 0 Å². The van der Waals surface area contributed by atoms with E-state index >= 15 is 0 Å². The van der Waals surface area contributed by atoms with Gasteiger partial charge in [0.1, 0.15) is 0 Å². The normalized spacial score (nSPS) is 11.4. The van der Waals surface area contributed by atoms with Crippen LogP contribution in [0.3, 0.4) is 0 Å². The van der Waals surface area contributed by atoms with Gasteiger partial charge in [-0.2, -0.15) is 0 Å². The molecule has 40 heavy (non-hydrogen) atoms. The maximum atomic E-state index is 14.1. The number of hydrogen-bond acceptors (Lipinski definition) is 6. The van der Waals surface area contributed by atoms with Crippen molar-refractivity contribution in [2.24, 2.45) is 7.05 Å². The highest BCUT2D eigenvalue weighted by molar-refractivity contribution is 7.91. The second kappa shape index (κ2) is 10.8. The number of para-hydroxylation sites is 1. The molecule has 2 aromatic heterocycles. The van der Waals surface area contributed by atoms with E-state index in [1.165, 1.54) is 22.9 Å². The fourth-order valence-corrected chi connectivity index (χ4v) is 6.07. The largest absolute Gasteiger partial charge is 0.462 e. The molecule has 8 nitrogen and oxygen atoms in total. The number of rotatable bonds is 7. The van der Waals surface area contributed by atoms with E-state index in [4.69, 9.17) is 9.72 Å². The molecule has 5 aromatic rings. The number of sulfone groups is 1. The third-order valence-electron chi connectivity index (χ3n) is 6.66. The number of aromatic nitrogens is 3. The Hall–Kier alpha value is -4.76. The first kappa shape index (κ1) is 26.8. The van der Waals surface area contributed by atoms with Gasteiger partial charge in [-0.05, 0) is 44.2 Å². The van der Waals surface area contributed by atoms with Crippen molar-refractivity contribution in [2.45, 2.75) is 23.6 Å². The molecule has 0 fully saturated rings. The lowest BCUT2D eigenvalue weighted by Gasteiger charge is -2.15. The predicted octanol–water partition coefficient (Wildman–Crippen LogP) is 5.22. The van der Waals surface area contributed by atoms with Gasteiger partial charge in [-0.3, -0.25) is 9.48 Å². The van der Waals surface area contributed by atoms with Crippen LogP contribution in [0.25, 0.3) is 28.2 Å². The van der Waals surface area contributed by atoms with Crippen LogP contribution in [-0.4, -0.2) is 35.3 Å². The van der Waals surface area contributed by atoms with Crippen molar-refractivity contribution in [1.29, 1.82) is 0 Å². The Morgan fingerprint density at radius 3 is 2.05 bits per heavy atom. The van der Waals surface area contributed by atoms with Crippen LogP contribution in [0.1, 0.15) is 23.0 Å². The van der Waals surface area contributed by atoms with Crippen LogP contribution in [0.5, 0.6) is 0 Å². The van der Waals surface area contributed by atoms with E-state index in [0.717, 1.165) is 0 Å². The standard InChI is InChI=1S/C31H27N3O5S/c1-4-39-31(36)25-20-26(40(37,38)24-18-12-7-13-19-24)29(32-28(25)22-14-8-5-9-15-22)27-21(2)33(3)34(30(27)35)23-16-10-6-11-17-23/h5-20H,4H2,1-3H3. The number of hydrogen-bond donors (Lipinski definition) is 0. The van der Waals surface area contributed by atoms with Crippen LogP contribution in [-0.2, 0) is 21.6 Å². The average Bonchev–Trinajstić information content (AvgIpc) is 3.20. The topological polar surface area (TPSA) is 100 Å². The lowest BCUT2D eigenvalue weighted by Crippen LogP contribution is -2.21. The molecule has 0 radical (unpaired) electrons. The van der Waals surface area contributed by atoms with Gasteiger partial charge < -0.3 is 4.74 Å². The Balaban J connectivity index is 1.91. The van der Waals surface area contributed by atoms with Crippen LogP contribution >= 0.6 is 0 Å². The number of nitrogens with zero attached hydrogens (tertiary/aromatic N) is 3. The van der Waals surface area contributed by atoms with Crippen molar-refractivity contribution in [3.63, 3.8) is 0 Å². The van der Waals surface area contributed by atoms with Crippen molar-refractivity contribution < 1.29 is 17.9 Å². The summed E-state index contributed by atoms with van der Waals surface area (Å²) in [5.41, 5.74) is 1.55. The van der Waals surface area contributed by atoms with Crippen LogP contribution in [0.4, 0.5) is 0 Å². The molecule has 0 aliphatic carbocycles. The van der Waals surface area contributed by atoms with Crippen molar-refractivity contribution in [3.8, 4) is 28.2 Å². The molecule has 0 aliphatic rings. The first-order valence-electron chi connectivity index (χ1n) is 12.7. The number of pyridine rings is 1. The number of carbonyl (C=O) groups is 1. The van der Waals surface area contributed by atoms with Gasteiger partial charge in [0.15, 0.2) is 0 Å². The predicted molar refractivity (Wildman–Crippen MR) is 152 cm³/mol. The van der Waals surface area contributed by atoms with Gasteiger partial charge in [-0.1, -0.05) is 66.7 Å². The Morgan fingerprint density at radius 1 is 0.875 bits per heavy atom. The molecule has 5 rings (SSSR count). The summed E-state index contributed by atoms with van der Waals surface area (Å²) in [6.07, 6.45) is 0. The number of esters is 1. The first-order chi connectivity index (χ1) is 19.3. The van der Waals surface area contributed by atoms with E-state index in [2.05, 4.69) is 0 Å². The van der Waals surface area contributed by atoms with Gasteiger partial charge in [0.25, 0.3) is 5.56 Å². The summed E-state index contributed by atoms with van der Waals surface area (Å²) >= 11 is 0. The van der Waals surface area contributed by atoms with Crippen molar-refractivity contribution >= 4 is 15.8 Å². The zero-order valence-electron chi connectivity index (χ0n) is 22.2. The van der Waals surface area contributed by atoms with E-state index in [1.807, 2.05) is 24.3 Å². The summed E-state index contributed by atoms with van der Waals surface area (Å²) in [4.78, 5) is 31.7. The third-order valence-corrected chi connectivity index (χ3v) is 8.45. The lowest BCUT2D eigenvalue weighted by molar-refractivity contribution is 0.0526. The van der Waals surface area contributed by atoms with E-state index in [-0.39, 0.29) is 38.9 Å². The van der Waals surface area contributed by atoms with Gasteiger partial charge in [0, 0.05) is 18.3 Å². The van der Waals surface area contributed by atoms with E-state index < -0.39 is 21.4 Å². The molecular weight excluding hydrogens is 526 g/mol. The molecule has 0 saturated heterocycles. The highest BCUT2D eigenvalue weighted by atomic mass is 32.2. The lowest BCUT2D eigenvalue weighted by atomic mass is 10.0. The fourth-order valence-electron chi connectivity index (χ4n) is 4.63. The molecule has 0 N–H and O–H groups in total. The molecule has 202 valence electrons. The molecule has 0 bridgehead atoms. The quantitative estimate of drug-likeness (QED) is 0.256. The Bertz CT molecular complexity index is 1860. The number of ether oxygens (including phenoxy) is 1. The fraction of sp³-hybridized carbons (Fsp3) is 0.129. The smallest absolute Gasteiger partial charge is 0.340 e. The molecule has 0 amide bonds. The number of benzene rings is 3. The van der Waals surface area contributed by atoms with Crippen molar-refractivity contribution in [3.05, 3.63) is 119 Å². The second-order valence-electron chi connectivity index (χ2n) is 9.07.